The first-order valence-electron chi connectivity index (χ1n) is 5.21. The molecule has 0 spiro atoms. The summed E-state index contributed by atoms with van der Waals surface area (Å²) in [5, 5.41) is -0.174. The number of hydrogen-bond donors (Lipinski definition) is 0. The van der Waals surface area contributed by atoms with E-state index >= 15 is 0 Å². The maximum atomic E-state index is 13.2. The van der Waals surface area contributed by atoms with Gasteiger partial charge in [0.2, 0.25) is 5.78 Å². The third-order valence-corrected chi connectivity index (χ3v) is 2.81. The number of ketones is 1. The van der Waals surface area contributed by atoms with Crippen molar-refractivity contribution in [3.8, 4) is 0 Å². The molecule has 17 heavy (non-hydrogen) atoms. The number of furan rings is 1. The topological polar surface area (TPSA) is 30.2 Å². The van der Waals surface area contributed by atoms with E-state index in [9.17, 15) is 9.18 Å². The summed E-state index contributed by atoms with van der Waals surface area (Å²) in [6.45, 7) is 1.92. The SMILES string of the molecule is CCc1ccc(C(=O)c2cccc(F)c2Cl)o1. The van der Waals surface area contributed by atoms with Crippen molar-refractivity contribution in [3.05, 3.63) is 58.3 Å². The average Bonchev–Trinajstić information content (AvgIpc) is 2.80. The van der Waals surface area contributed by atoms with Crippen molar-refractivity contribution < 1.29 is 13.6 Å². The van der Waals surface area contributed by atoms with E-state index < -0.39 is 11.6 Å². The highest BCUT2D eigenvalue weighted by atomic mass is 35.5. The molecule has 1 heterocycles. The Morgan fingerprint density at radius 2 is 2.12 bits per heavy atom. The molecule has 0 radical (unpaired) electrons. The molecule has 4 heteroatoms. The fourth-order valence-corrected chi connectivity index (χ4v) is 1.71. The van der Waals surface area contributed by atoms with Crippen LogP contribution in [0.15, 0.2) is 34.7 Å². The lowest BCUT2D eigenvalue weighted by Crippen LogP contribution is -2.01. The van der Waals surface area contributed by atoms with Crippen molar-refractivity contribution in [1.82, 2.24) is 0 Å². The Bertz CT molecular complexity index is 560. The molecule has 1 aromatic heterocycles. The molecule has 0 N–H and O–H groups in total. The van der Waals surface area contributed by atoms with Crippen LogP contribution in [0.25, 0.3) is 0 Å². The molecule has 0 aliphatic heterocycles. The van der Waals surface area contributed by atoms with Gasteiger partial charge < -0.3 is 4.42 Å². The van der Waals surface area contributed by atoms with Crippen LogP contribution in [0.1, 0.15) is 28.8 Å². The summed E-state index contributed by atoms with van der Waals surface area (Å²) < 4.78 is 18.5. The van der Waals surface area contributed by atoms with Gasteiger partial charge >= 0.3 is 0 Å². The van der Waals surface area contributed by atoms with Gasteiger partial charge in [-0.3, -0.25) is 4.79 Å². The second kappa shape index (κ2) is 4.72. The lowest BCUT2D eigenvalue weighted by Gasteiger charge is -2.01. The Morgan fingerprint density at radius 1 is 1.35 bits per heavy atom. The predicted molar refractivity (Wildman–Crippen MR) is 62.9 cm³/mol. The van der Waals surface area contributed by atoms with Gasteiger partial charge in [0.15, 0.2) is 5.76 Å². The van der Waals surface area contributed by atoms with Crippen molar-refractivity contribution in [3.63, 3.8) is 0 Å². The van der Waals surface area contributed by atoms with Gasteiger partial charge in [-0.25, -0.2) is 4.39 Å². The predicted octanol–water partition coefficient (Wildman–Crippen LogP) is 3.87. The molecule has 0 fully saturated rings. The fourth-order valence-electron chi connectivity index (χ4n) is 1.50. The fraction of sp³-hybridized carbons (Fsp3) is 0.154. The van der Waals surface area contributed by atoms with Crippen molar-refractivity contribution in [1.29, 1.82) is 0 Å². The Balaban J connectivity index is 2.40. The van der Waals surface area contributed by atoms with E-state index in [0.29, 0.717) is 12.2 Å². The number of benzene rings is 1. The van der Waals surface area contributed by atoms with Gasteiger partial charge in [-0.15, -0.1) is 0 Å². The molecular formula is C13H10ClFO2. The van der Waals surface area contributed by atoms with Crippen LogP contribution >= 0.6 is 11.6 Å². The first-order valence-corrected chi connectivity index (χ1v) is 5.58. The maximum Gasteiger partial charge on any atom is 0.229 e. The van der Waals surface area contributed by atoms with E-state index in [1.807, 2.05) is 6.92 Å². The van der Waals surface area contributed by atoms with E-state index in [1.54, 1.807) is 12.1 Å². The Hall–Kier alpha value is -1.61. The summed E-state index contributed by atoms with van der Waals surface area (Å²) >= 11 is 5.74. The quantitative estimate of drug-likeness (QED) is 0.777. The number of rotatable bonds is 3. The molecule has 88 valence electrons. The first-order chi connectivity index (χ1) is 8.13. The lowest BCUT2D eigenvalue weighted by molar-refractivity contribution is 0.101. The van der Waals surface area contributed by atoms with Gasteiger partial charge in [0.05, 0.1) is 5.02 Å². The Labute approximate surface area is 103 Å². The second-order valence-corrected chi connectivity index (χ2v) is 3.93. The zero-order chi connectivity index (χ0) is 12.4. The van der Waals surface area contributed by atoms with Crippen LogP contribution in [0.4, 0.5) is 4.39 Å². The molecule has 0 saturated carbocycles. The van der Waals surface area contributed by atoms with E-state index in [-0.39, 0.29) is 16.3 Å². The van der Waals surface area contributed by atoms with Crippen LogP contribution in [0.3, 0.4) is 0 Å². The monoisotopic (exact) mass is 252 g/mol. The third kappa shape index (κ3) is 2.24. The zero-order valence-electron chi connectivity index (χ0n) is 9.17. The van der Waals surface area contributed by atoms with Gasteiger partial charge in [-0.05, 0) is 24.3 Å². The van der Waals surface area contributed by atoms with Gasteiger partial charge in [0.1, 0.15) is 11.6 Å². The van der Waals surface area contributed by atoms with Gasteiger partial charge in [-0.1, -0.05) is 24.6 Å². The highest BCUT2D eigenvalue weighted by molar-refractivity contribution is 6.34. The van der Waals surface area contributed by atoms with E-state index in [4.69, 9.17) is 16.0 Å². The molecule has 1 aromatic carbocycles. The van der Waals surface area contributed by atoms with E-state index in [0.717, 1.165) is 0 Å². The minimum absolute atomic E-state index is 0.115. The summed E-state index contributed by atoms with van der Waals surface area (Å²) in [6, 6.07) is 7.42. The van der Waals surface area contributed by atoms with E-state index in [2.05, 4.69) is 0 Å². The molecule has 2 aromatic rings. The van der Waals surface area contributed by atoms with Crippen LogP contribution in [0, 0.1) is 5.82 Å². The Kier molecular flexibility index (Phi) is 3.29. The molecular weight excluding hydrogens is 243 g/mol. The van der Waals surface area contributed by atoms with Crippen LogP contribution in [-0.2, 0) is 6.42 Å². The zero-order valence-corrected chi connectivity index (χ0v) is 9.92. The standard InChI is InChI=1S/C13H10ClFO2/c1-2-8-6-7-11(17-8)13(16)9-4-3-5-10(15)12(9)14/h3-7H,2H2,1H3. The normalized spacial score (nSPS) is 10.5. The second-order valence-electron chi connectivity index (χ2n) is 3.55. The molecule has 0 aliphatic carbocycles. The lowest BCUT2D eigenvalue weighted by atomic mass is 10.1. The minimum Gasteiger partial charge on any atom is -0.458 e. The number of carbonyl (C=O) groups excluding carboxylic acids is 1. The number of aryl methyl sites for hydroxylation is 1. The highest BCUT2D eigenvalue weighted by Crippen LogP contribution is 2.23. The van der Waals surface area contributed by atoms with Crippen molar-refractivity contribution in [2.45, 2.75) is 13.3 Å². The summed E-state index contributed by atoms with van der Waals surface area (Å²) in [4.78, 5) is 12.0. The van der Waals surface area contributed by atoms with Crippen molar-refractivity contribution in [2.75, 3.05) is 0 Å². The number of carbonyl (C=O) groups is 1. The summed E-state index contributed by atoms with van der Waals surface area (Å²) in [7, 11) is 0. The Morgan fingerprint density at radius 3 is 2.76 bits per heavy atom. The number of halogens is 2. The summed E-state index contributed by atoms with van der Waals surface area (Å²) in [5.41, 5.74) is 0.115. The largest absolute Gasteiger partial charge is 0.458 e. The smallest absolute Gasteiger partial charge is 0.229 e. The van der Waals surface area contributed by atoms with Gasteiger partial charge in [0, 0.05) is 12.0 Å². The number of hydrogen-bond acceptors (Lipinski definition) is 2. The van der Waals surface area contributed by atoms with Crippen LogP contribution in [0.5, 0.6) is 0 Å². The van der Waals surface area contributed by atoms with E-state index in [1.165, 1.54) is 18.2 Å². The molecule has 0 amide bonds. The maximum absolute atomic E-state index is 13.2. The minimum atomic E-state index is -0.611. The molecule has 0 unspecified atom stereocenters. The molecule has 0 saturated heterocycles. The van der Waals surface area contributed by atoms with Gasteiger partial charge in [-0.2, -0.15) is 0 Å². The molecule has 0 bridgehead atoms. The first kappa shape index (κ1) is 11.9. The van der Waals surface area contributed by atoms with Gasteiger partial charge in [0.25, 0.3) is 0 Å². The molecule has 2 nitrogen and oxygen atoms in total. The van der Waals surface area contributed by atoms with Crippen LogP contribution in [-0.4, -0.2) is 5.78 Å². The molecule has 0 aliphatic rings. The average molecular weight is 253 g/mol. The van der Waals surface area contributed by atoms with Crippen molar-refractivity contribution >= 4 is 17.4 Å². The molecule has 0 atom stereocenters. The molecule has 2 rings (SSSR count). The summed E-state index contributed by atoms with van der Waals surface area (Å²) in [5.74, 6) is -0.135. The van der Waals surface area contributed by atoms with Crippen LogP contribution in [0.2, 0.25) is 5.02 Å². The van der Waals surface area contributed by atoms with Crippen molar-refractivity contribution in [2.24, 2.45) is 0 Å². The summed E-state index contributed by atoms with van der Waals surface area (Å²) in [6.07, 6.45) is 0.699. The highest BCUT2D eigenvalue weighted by Gasteiger charge is 2.18. The van der Waals surface area contributed by atoms with Crippen LogP contribution < -0.4 is 0 Å². The third-order valence-electron chi connectivity index (χ3n) is 2.43.